The minimum absolute atomic E-state index is 0.00351. The van der Waals surface area contributed by atoms with E-state index in [1.165, 1.54) is 0 Å². The van der Waals surface area contributed by atoms with Crippen molar-refractivity contribution >= 4 is 21.8 Å². The molecule has 1 amide bonds. The minimum atomic E-state index is -0.0657. The van der Waals surface area contributed by atoms with Crippen molar-refractivity contribution < 1.29 is 14.6 Å². The van der Waals surface area contributed by atoms with E-state index < -0.39 is 0 Å². The molecule has 0 radical (unpaired) electrons. The van der Waals surface area contributed by atoms with Crippen LogP contribution in [-0.4, -0.2) is 41.7 Å². The van der Waals surface area contributed by atoms with Crippen molar-refractivity contribution in [3.63, 3.8) is 0 Å². The molecule has 1 aromatic carbocycles. The monoisotopic (exact) mass is 327 g/mol. The molecular weight excluding hydrogens is 310 g/mol. The quantitative estimate of drug-likeness (QED) is 0.870. The van der Waals surface area contributed by atoms with Gasteiger partial charge in [0.1, 0.15) is 5.75 Å². The fraction of sp³-hybridized carbons (Fsp3) is 0.500. The maximum absolute atomic E-state index is 12.0. The van der Waals surface area contributed by atoms with E-state index in [1.807, 2.05) is 25.1 Å². The Morgan fingerprint density at radius 1 is 1.53 bits per heavy atom. The van der Waals surface area contributed by atoms with Crippen molar-refractivity contribution in [1.82, 2.24) is 4.90 Å². The van der Waals surface area contributed by atoms with Crippen LogP contribution in [-0.2, 0) is 4.79 Å². The Morgan fingerprint density at radius 3 is 2.84 bits per heavy atom. The first kappa shape index (κ1) is 14.3. The summed E-state index contributed by atoms with van der Waals surface area (Å²) in [4.78, 5) is 13.8. The van der Waals surface area contributed by atoms with Crippen LogP contribution in [0.3, 0.4) is 0 Å². The Hall–Kier alpha value is -1.07. The largest absolute Gasteiger partial charge is 0.483 e. The van der Waals surface area contributed by atoms with Gasteiger partial charge in [-0.25, -0.2) is 0 Å². The lowest BCUT2D eigenvalue weighted by Gasteiger charge is -2.21. The summed E-state index contributed by atoms with van der Waals surface area (Å²) in [5.41, 5.74) is 1.13. The maximum atomic E-state index is 12.0. The number of aryl methyl sites for hydroxylation is 1. The molecule has 4 nitrogen and oxygen atoms in total. The Labute approximate surface area is 121 Å². The van der Waals surface area contributed by atoms with Gasteiger partial charge in [-0.2, -0.15) is 0 Å². The number of rotatable bonds is 6. The van der Waals surface area contributed by atoms with E-state index in [-0.39, 0.29) is 19.1 Å². The summed E-state index contributed by atoms with van der Waals surface area (Å²) in [7, 11) is 0. The van der Waals surface area contributed by atoms with E-state index in [1.54, 1.807) is 4.90 Å². The summed E-state index contributed by atoms with van der Waals surface area (Å²) < 4.78 is 6.39. The van der Waals surface area contributed by atoms with Crippen molar-refractivity contribution in [1.29, 1.82) is 0 Å². The van der Waals surface area contributed by atoms with Gasteiger partial charge in [0.05, 0.1) is 11.1 Å². The molecule has 0 aromatic heterocycles. The maximum Gasteiger partial charge on any atom is 0.260 e. The number of benzene rings is 1. The molecule has 1 aromatic rings. The van der Waals surface area contributed by atoms with Crippen molar-refractivity contribution in [3.05, 3.63) is 28.2 Å². The number of aliphatic hydroxyl groups is 1. The summed E-state index contributed by atoms with van der Waals surface area (Å²) in [5.74, 6) is 0.600. The highest BCUT2D eigenvalue weighted by Gasteiger charge is 2.32. The van der Waals surface area contributed by atoms with Crippen molar-refractivity contribution in [2.45, 2.75) is 25.8 Å². The Kier molecular flexibility index (Phi) is 4.82. The van der Waals surface area contributed by atoms with E-state index in [9.17, 15) is 4.79 Å². The van der Waals surface area contributed by atoms with Crippen LogP contribution in [0.4, 0.5) is 0 Å². The second-order valence-corrected chi connectivity index (χ2v) is 5.62. The first-order valence-corrected chi connectivity index (χ1v) is 7.20. The molecule has 0 saturated heterocycles. The molecular formula is C14H18BrNO3. The van der Waals surface area contributed by atoms with E-state index in [0.29, 0.717) is 18.3 Å². The molecule has 5 heteroatoms. The molecule has 104 valence electrons. The van der Waals surface area contributed by atoms with Crippen LogP contribution in [0.15, 0.2) is 22.7 Å². The van der Waals surface area contributed by atoms with E-state index in [0.717, 1.165) is 22.9 Å². The summed E-state index contributed by atoms with van der Waals surface area (Å²) in [6.45, 7) is 2.40. The number of carbonyl (C=O) groups is 1. The normalized spacial score (nSPS) is 14.3. The van der Waals surface area contributed by atoms with Gasteiger partial charge >= 0.3 is 0 Å². The van der Waals surface area contributed by atoms with Gasteiger partial charge in [0.25, 0.3) is 5.91 Å². The number of aliphatic hydroxyl groups excluding tert-OH is 1. The predicted octanol–water partition coefficient (Wildman–Crippen LogP) is 2.12. The van der Waals surface area contributed by atoms with Crippen molar-refractivity contribution in [2.75, 3.05) is 19.8 Å². The standard InChI is InChI=1S/C14H18BrNO3/c1-10-2-5-13(12(15)8-10)19-9-14(18)16(6-7-17)11-3-4-11/h2,5,8,11,17H,3-4,6-7,9H2,1H3. The number of nitrogens with zero attached hydrogens (tertiary/aromatic N) is 1. The van der Waals surface area contributed by atoms with Crippen LogP contribution >= 0.6 is 15.9 Å². The highest BCUT2D eigenvalue weighted by Crippen LogP contribution is 2.28. The molecule has 1 saturated carbocycles. The van der Waals surface area contributed by atoms with Crippen LogP contribution in [0.2, 0.25) is 0 Å². The predicted molar refractivity (Wildman–Crippen MR) is 76.2 cm³/mol. The Morgan fingerprint density at radius 2 is 2.26 bits per heavy atom. The molecule has 1 aliphatic rings. The van der Waals surface area contributed by atoms with Crippen molar-refractivity contribution in [3.8, 4) is 5.75 Å². The zero-order valence-electron chi connectivity index (χ0n) is 10.9. The second-order valence-electron chi connectivity index (χ2n) is 4.76. The Balaban J connectivity index is 1.91. The third-order valence-corrected chi connectivity index (χ3v) is 3.71. The zero-order chi connectivity index (χ0) is 13.8. The number of ether oxygens (including phenoxy) is 1. The second kappa shape index (κ2) is 6.39. The number of hydrogen-bond acceptors (Lipinski definition) is 3. The van der Waals surface area contributed by atoms with Crippen LogP contribution in [0.5, 0.6) is 5.75 Å². The lowest BCUT2D eigenvalue weighted by molar-refractivity contribution is -0.134. The average Bonchev–Trinajstić information content (AvgIpc) is 3.18. The smallest absolute Gasteiger partial charge is 0.260 e. The number of amides is 1. The zero-order valence-corrected chi connectivity index (χ0v) is 12.5. The molecule has 0 aliphatic heterocycles. The van der Waals surface area contributed by atoms with E-state index in [4.69, 9.17) is 9.84 Å². The first-order valence-electron chi connectivity index (χ1n) is 6.41. The van der Waals surface area contributed by atoms with Gasteiger partial charge in [0, 0.05) is 12.6 Å². The van der Waals surface area contributed by atoms with Crippen LogP contribution in [0, 0.1) is 6.92 Å². The minimum Gasteiger partial charge on any atom is -0.483 e. The van der Waals surface area contributed by atoms with Crippen LogP contribution in [0.25, 0.3) is 0 Å². The Bertz CT molecular complexity index is 460. The number of hydrogen-bond donors (Lipinski definition) is 1. The van der Waals surface area contributed by atoms with Crippen LogP contribution in [0.1, 0.15) is 18.4 Å². The molecule has 0 heterocycles. The summed E-state index contributed by atoms with van der Waals surface area (Å²) in [6.07, 6.45) is 2.06. The van der Waals surface area contributed by atoms with E-state index >= 15 is 0 Å². The molecule has 2 rings (SSSR count). The highest BCUT2D eigenvalue weighted by atomic mass is 79.9. The first-order chi connectivity index (χ1) is 9.11. The highest BCUT2D eigenvalue weighted by molar-refractivity contribution is 9.10. The lowest BCUT2D eigenvalue weighted by atomic mass is 10.2. The average molecular weight is 328 g/mol. The SMILES string of the molecule is Cc1ccc(OCC(=O)N(CCO)C2CC2)c(Br)c1. The molecule has 0 unspecified atom stereocenters. The van der Waals surface area contributed by atoms with Gasteiger partial charge in [-0.15, -0.1) is 0 Å². The molecule has 1 N–H and O–H groups in total. The molecule has 1 aliphatic carbocycles. The fourth-order valence-corrected chi connectivity index (χ4v) is 2.56. The van der Waals surface area contributed by atoms with E-state index in [2.05, 4.69) is 15.9 Å². The summed E-state index contributed by atoms with van der Waals surface area (Å²) >= 11 is 3.42. The topological polar surface area (TPSA) is 49.8 Å². The molecule has 0 bridgehead atoms. The third kappa shape index (κ3) is 3.94. The van der Waals surface area contributed by atoms with Gasteiger partial charge in [-0.3, -0.25) is 4.79 Å². The number of halogens is 1. The summed E-state index contributed by atoms with van der Waals surface area (Å²) in [6, 6.07) is 6.04. The van der Waals surface area contributed by atoms with Crippen LogP contribution < -0.4 is 4.74 Å². The lowest BCUT2D eigenvalue weighted by Crippen LogP contribution is -2.38. The third-order valence-electron chi connectivity index (χ3n) is 3.09. The molecule has 0 atom stereocenters. The van der Waals surface area contributed by atoms with Gasteiger partial charge < -0.3 is 14.7 Å². The van der Waals surface area contributed by atoms with Gasteiger partial charge in [0.2, 0.25) is 0 Å². The van der Waals surface area contributed by atoms with Crippen molar-refractivity contribution in [2.24, 2.45) is 0 Å². The van der Waals surface area contributed by atoms with Gasteiger partial charge in [-0.1, -0.05) is 6.07 Å². The molecule has 0 spiro atoms. The number of carbonyl (C=O) groups excluding carboxylic acids is 1. The van der Waals surface area contributed by atoms with Gasteiger partial charge in [0.15, 0.2) is 6.61 Å². The van der Waals surface area contributed by atoms with Gasteiger partial charge in [-0.05, 0) is 53.4 Å². The molecule has 1 fully saturated rings. The fourth-order valence-electron chi connectivity index (χ4n) is 1.95. The molecule has 19 heavy (non-hydrogen) atoms. The summed E-state index contributed by atoms with van der Waals surface area (Å²) in [5, 5.41) is 8.98.